The number of carbonyl (C=O) groups excluding carboxylic acids is 4. The minimum Gasteiger partial charge on any atom is -0.481 e. The van der Waals surface area contributed by atoms with Crippen molar-refractivity contribution in [1.82, 2.24) is 5.32 Å². The second kappa shape index (κ2) is 9.03. The fraction of sp³-hybridized carbons (Fsp3) is 0.143. The van der Waals surface area contributed by atoms with Crippen LogP contribution in [0.3, 0.4) is 0 Å². The topological polar surface area (TPSA) is 119 Å². The van der Waals surface area contributed by atoms with Crippen LogP contribution in [0.5, 0.6) is 5.75 Å². The molecule has 1 aliphatic rings. The first kappa shape index (κ1) is 22.7. The molecule has 3 N–H and O–H groups in total. The zero-order chi connectivity index (χ0) is 22.9. The van der Waals surface area contributed by atoms with Gasteiger partial charge in [0.25, 0.3) is 17.7 Å². The van der Waals surface area contributed by atoms with E-state index in [9.17, 15) is 19.2 Å². The van der Waals surface area contributed by atoms with Gasteiger partial charge in [-0.15, -0.1) is 0 Å². The van der Waals surface area contributed by atoms with Gasteiger partial charge in [0.2, 0.25) is 0 Å². The van der Waals surface area contributed by atoms with Crippen molar-refractivity contribution in [1.29, 1.82) is 0 Å². The molecule has 2 aromatic carbocycles. The van der Waals surface area contributed by atoms with Gasteiger partial charge in [0.15, 0.2) is 6.61 Å². The van der Waals surface area contributed by atoms with E-state index in [-0.39, 0.29) is 12.2 Å². The van der Waals surface area contributed by atoms with Gasteiger partial charge < -0.3 is 10.5 Å². The lowest BCUT2D eigenvalue weighted by atomic mass is 10.1. The van der Waals surface area contributed by atoms with Crippen LogP contribution in [0.2, 0.25) is 0 Å². The smallest absolute Gasteiger partial charge is 0.335 e. The fourth-order valence-corrected chi connectivity index (χ4v) is 4.32. The number of rotatable bonds is 5. The predicted octanol–water partition coefficient (Wildman–Crippen LogP) is 3.36. The zero-order valence-electron chi connectivity index (χ0n) is 16.5. The number of aryl methyl sites for hydroxylation is 2. The van der Waals surface area contributed by atoms with E-state index in [0.717, 1.165) is 16.0 Å². The Bertz CT molecular complexity index is 1140. The monoisotopic (exact) mass is 549 g/mol. The molecule has 10 heteroatoms. The van der Waals surface area contributed by atoms with Crippen molar-refractivity contribution >= 4 is 67.4 Å². The summed E-state index contributed by atoms with van der Waals surface area (Å²) in [6.45, 7) is 3.47. The standard InChI is InChI=1S/C21H17Br2N3O5/c1-10-3-4-13(5-11(10)2)26-20(29)14(19(28)25-21(26)30)6-12-7-15(22)18(16(23)8-12)31-9-17(24)27/h3-8H,9H2,1-2H3,(H2,24,27)(H,25,28,30)/b14-6+. The van der Waals surface area contributed by atoms with Crippen molar-refractivity contribution in [2.45, 2.75) is 13.8 Å². The number of halogens is 2. The molecule has 1 fully saturated rings. The Labute approximate surface area is 194 Å². The van der Waals surface area contributed by atoms with Crippen LogP contribution in [0.4, 0.5) is 10.5 Å². The van der Waals surface area contributed by atoms with Gasteiger partial charge in [-0.2, -0.15) is 0 Å². The molecule has 0 aliphatic carbocycles. The Kier molecular flexibility index (Phi) is 6.61. The molecule has 3 rings (SSSR count). The van der Waals surface area contributed by atoms with Crippen molar-refractivity contribution in [3.05, 3.63) is 61.5 Å². The first-order valence-electron chi connectivity index (χ1n) is 8.97. The second-order valence-electron chi connectivity index (χ2n) is 6.80. The van der Waals surface area contributed by atoms with Gasteiger partial charge in [0.1, 0.15) is 11.3 Å². The van der Waals surface area contributed by atoms with E-state index in [2.05, 4.69) is 37.2 Å². The Morgan fingerprint density at radius 2 is 1.74 bits per heavy atom. The van der Waals surface area contributed by atoms with Gasteiger partial charge in [0, 0.05) is 0 Å². The third-order valence-corrected chi connectivity index (χ3v) is 5.72. The van der Waals surface area contributed by atoms with Gasteiger partial charge in [0.05, 0.1) is 14.6 Å². The van der Waals surface area contributed by atoms with Crippen LogP contribution in [0.1, 0.15) is 16.7 Å². The van der Waals surface area contributed by atoms with Gasteiger partial charge in [-0.25, -0.2) is 9.69 Å². The molecule has 2 aromatic rings. The van der Waals surface area contributed by atoms with E-state index >= 15 is 0 Å². The number of amides is 5. The molecular formula is C21H17Br2N3O5. The number of hydrogen-bond acceptors (Lipinski definition) is 5. The molecule has 0 spiro atoms. The summed E-state index contributed by atoms with van der Waals surface area (Å²) >= 11 is 6.66. The first-order valence-corrected chi connectivity index (χ1v) is 10.6. The minimum absolute atomic E-state index is 0.206. The molecule has 0 saturated carbocycles. The number of hydrogen-bond donors (Lipinski definition) is 2. The lowest BCUT2D eigenvalue weighted by molar-refractivity contribution is -0.123. The van der Waals surface area contributed by atoms with Crippen molar-refractivity contribution in [3.63, 3.8) is 0 Å². The second-order valence-corrected chi connectivity index (χ2v) is 8.50. The summed E-state index contributed by atoms with van der Waals surface area (Å²) in [5, 5.41) is 2.20. The molecule has 8 nitrogen and oxygen atoms in total. The van der Waals surface area contributed by atoms with E-state index in [1.165, 1.54) is 6.08 Å². The summed E-state index contributed by atoms with van der Waals surface area (Å²) in [6, 6.07) is 7.54. The van der Waals surface area contributed by atoms with Crippen LogP contribution in [0.25, 0.3) is 6.08 Å². The van der Waals surface area contributed by atoms with Crippen molar-refractivity contribution in [2.24, 2.45) is 5.73 Å². The van der Waals surface area contributed by atoms with E-state index in [1.807, 2.05) is 13.8 Å². The number of ether oxygens (including phenoxy) is 1. The maximum atomic E-state index is 13.0. The lowest BCUT2D eigenvalue weighted by Crippen LogP contribution is -2.54. The number of nitrogens with two attached hydrogens (primary N) is 1. The lowest BCUT2D eigenvalue weighted by Gasteiger charge is -2.27. The fourth-order valence-electron chi connectivity index (χ4n) is 2.87. The molecule has 5 amide bonds. The molecule has 0 unspecified atom stereocenters. The molecule has 1 heterocycles. The average Bonchev–Trinajstić information content (AvgIpc) is 2.67. The van der Waals surface area contributed by atoms with Crippen molar-refractivity contribution < 1.29 is 23.9 Å². The molecule has 1 aliphatic heterocycles. The minimum atomic E-state index is -0.812. The Balaban J connectivity index is 1.98. The van der Waals surface area contributed by atoms with Gasteiger partial charge in [-0.05, 0) is 92.7 Å². The number of barbiturate groups is 1. The van der Waals surface area contributed by atoms with E-state index in [4.69, 9.17) is 10.5 Å². The summed E-state index contributed by atoms with van der Waals surface area (Å²) in [5.74, 6) is -1.83. The molecule has 0 radical (unpaired) electrons. The Morgan fingerprint density at radius 1 is 1.10 bits per heavy atom. The highest BCUT2D eigenvalue weighted by atomic mass is 79.9. The zero-order valence-corrected chi connectivity index (χ0v) is 19.7. The summed E-state index contributed by atoms with van der Waals surface area (Å²) in [7, 11) is 0. The van der Waals surface area contributed by atoms with Crippen LogP contribution in [0.15, 0.2) is 44.9 Å². The Morgan fingerprint density at radius 3 is 2.32 bits per heavy atom. The number of primary amides is 1. The maximum absolute atomic E-state index is 13.0. The maximum Gasteiger partial charge on any atom is 0.335 e. The number of urea groups is 1. The van der Waals surface area contributed by atoms with Gasteiger partial charge in [-0.1, -0.05) is 6.07 Å². The summed E-state index contributed by atoms with van der Waals surface area (Å²) in [5.41, 5.74) is 7.65. The molecule has 1 saturated heterocycles. The molecule has 160 valence electrons. The van der Waals surface area contributed by atoms with Gasteiger partial charge >= 0.3 is 6.03 Å². The average molecular weight is 551 g/mol. The highest BCUT2D eigenvalue weighted by Crippen LogP contribution is 2.35. The summed E-state index contributed by atoms with van der Waals surface area (Å²) in [4.78, 5) is 49.7. The normalized spacial score (nSPS) is 15.3. The number of benzene rings is 2. The first-order chi connectivity index (χ1) is 14.6. The largest absolute Gasteiger partial charge is 0.481 e. The highest BCUT2D eigenvalue weighted by molar-refractivity contribution is 9.11. The number of imide groups is 2. The van der Waals surface area contributed by atoms with Crippen LogP contribution >= 0.6 is 31.9 Å². The third kappa shape index (κ3) is 4.86. The number of anilines is 1. The molecular weight excluding hydrogens is 534 g/mol. The Hall–Kier alpha value is -2.98. The van der Waals surface area contributed by atoms with Crippen LogP contribution < -0.4 is 20.7 Å². The van der Waals surface area contributed by atoms with Crippen LogP contribution in [0, 0.1) is 13.8 Å². The molecule has 0 aromatic heterocycles. The van der Waals surface area contributed by atoms with Crippen molar-refractivity contribution in [2.75, 3.05) is 11.5 Å². The molecule has 31 heavy (non-hydrogen) atoms. The molecule has 0 atom stereocenters. The van der Waals surface area contributed by atoms with Gasteiger partial charge in [-0.3, -0.25) is 19.7 Å². The van der Waals surface area contributed by atoms with Crippen molar-refractivity contribution in [3.8, 4) is 5.75 Å². The van der Waals surface area contributed by atoms with Crippen LogP contribution in [-0.2, 0) is 14.4 Å². The number of nitrogens with one attached hydrogen (secondary N) is 1. The number of nitrogens with zero attached hydrogens (tertiary/aromatic N) is 1. The van der Waals surface area contributed by atoms with E-state index in [0.29, 0.717) is 25.9 Å². The quantitative estimate of drug-likeness (QED) is 0.437. The molecule has 0 bridgehead atoms. The predicted molar refractivity (Wildman–Crippen MR) is 121 cm³/mol. The third-order valence-electron chi connectivity index (χ3n) is 4.54. The summed E-state index contributed by atoms with van der Waals surface area (Å²) in [6.07, 6.45) is 1.37. The summed E-state index contributed by atoms with van der Waals surface area (Å²) < 4.78 is 6.28. The SMILES string of the molecule is Cc1ccc(N2C(=O)NC(=O)/C(=C\c3cc(Br)c(OCC(N)=O)c(Br)c3)C2=O)cc1C. The number of carbonyl (C=O) groups is 4. The van der Waals surface area contributed by atoms with E-state index < -0.39 is 23.8 Å². The van der Waals surface area contributed by atoms with Crippen LogP contribution in [-0.4, -0.2) is 30.4 Å². The highest BCUT2D eigenvalue weighted by Gasteiger charge is 2.37. The van der Waals surface area contributed by atoms with E-state index in [1.54, 1.807) is 30.3 Å².